The quantitative estimate of drug-likeness (QED) is 0.0384. The average Bonchev–Trinajstić information content (AvgIpc) is 3.09. The number of halogens is 2. The van der Waals surface area contributed by atoms with Gasteiger partial charge in [-0.05, 0) is 60.1 Å². The zero-order chi connectivity index (χ0) is 40.3. The summed E-state index contributed by atoms with van der Waals surface area (Å²) in [5.41, 5.74) is -1.92. The SMILES string of the molecule is O=C(O)c1ccc(S(=O)(=O)O)cc1N=NC(N=Nc1cc(S(=O)(=O)O)cc(Nc2nc(Cl)nc(Nc3cc(S(=O)(=O)O)ccc3Cl)n2)c1O)c1ccccc1. The molecule has 0 bridgehead atoms. The molecule has 0 aliphatic heterocycles. The van der Waals surface area contributed by atoms with Crippen molar-refractivity contribution < 1.29 is 53.9 Å². The van der Waals surface area contributed by atoms with Crippen LogP contribution in [0.15, 0.2) is 114 Å². The van der Waals surface area contributed by atoms with Gasteiger partial charge in [-0.1, -0.05) is 41.9 Å². The van der Waals surface area contributed by atoms with Gasteiger partial charge < -0.3 is 20.8 Å². The molecule has 0 saturated heterocycles. The van der Waals surface area contributed by atoms with Gasteiger partial charge in [0.2, 0.25) is 23.3 Å². The molecule has 0 aliphatic carbocycles. The number of carbonyl (C=O) groups is 1. The molecule has 0 radical (unpaired) electrons. The number of hydrogen-bond donors (Lipinski definition) is 7. The number of aromatic carboxylic acids is 1. The van der Waals surface area contributed by atoms with E-state index in [2.05, 4.69) is 46.0 Å². The molecule has 1 atom stereocenters. The highest BCUT2D eigenvalue weighted by Crippen LogP contribution is 2.40. The number of carboxylic acid groups (broad SMARTS) is 1. The highest BCUT2D eigenvalue weighted by molar-refractivity contribution is 7.86. The fraction of sp³-hybridized carbons (Fsp3) is 0.0345. The van der Waals surface area contributed by atoms with Gasteiger partial charge in [-0.25, -0.2) is 4.79 Å². The smallest absolute Gasteiger partial charge is 0.337 e. The van der Waals surface area contributed by atoms with Crippen molar-refractivity contribution in [2.24, 2.45) is 20.5 Å². The van der Waals surface area contributed by atoms with E-state index >= 15 is 0 Å². The lowest BCUT2D eigenvalue weighted by Gasteiger charge is -2.13. The molecule has 0 amide bonds. The molecule has 4 aromatic carbocycles. The number of carboxylic acids is 1. The van der Waals surface area contributed by atoms with Crippen molar-refractivity contribution in [2.45, 2.75) is 20.9 Å². The zero-order valence-corrected chi connectivity index (χ0v) is 30.7. The van der Waals surface area contributed by atoms with Crippen LogP contribution in [0.2, 0.25) is 10.3 Å². The summed E-state index contributed by atoms with van der Waals surface area (Å²) in [5, 5.41) is 41.0. The molecule has 26 heteroatoms. The Hall–Kier alpha value is -5.73. The highest BCUT2D eigenvalue weighted by atomic mass is 35.5. The lowest BCUT2D eigenvalue weighted by atomic mass is 10.2. The number of benzene rings is 4. The second-order valence-corrected chi connectivity index (χ2v) is 15.6. The molecule has 286 valence electrons. The number of aromatic hydroxyl groups is 1. The Morgan fingerprint density at radius 3 is 1.75 bits per heavy atom. The van der Waals surface area contributed by atoms with Crippen molar-refractivity contribution in [3.05, 3.63) is 100 Å². The summed E-state index contributed by atoms with van der Waals surface area (Å²) in [7, 11) is -14.4. The molecule has 5 rings (SSSR count). The van der Waals surface area contributed by atoms with Crippen molar-refractivity contribution >= 4 is 94.2 Å². The van der Waals surface area contributed by atoms with Crippen LogP contribution in [0, 0.1) is 0 Å². The van der Waals surface area contributed by atoms with Crippen LogP contribution in [0.5, 0.6) is 5.75 Å². The van der Waals surface area contributed by atoms with Crippen LogP contribution < -0.4 is 10.6 Å². The van der Waals surface area contributed by atoms with Crippen LogP contribution in [0.25, 0.3) is 0 Å². The summed E-state index contributed by atoms with van der Waals surface area (Å²) >= 11 is 12.2. The minimum atomic E-state index is -5.00. The number of nitrogens with one attached hydrogen (secondary N) is 2. The summed E-state index contributed by atoms with van der Waals surface area (Å²) in [4.78, 5) is 21.5. The molecule has 7 N–H and O–H groups in total. The number of phenolic OH excluding ortho intramolecular Hbond substituents is 1. The fourth-order valence-corrected chi connectivity index (χ4v) is 6.19. The molecule has 0 spiro atoms. The molecule has 0 aliphatic rings. The molecular formula is C29H21Cl2N9O12S3. The van der Waals surface area contributed by atoms with Gasteiger partial charge >= 0.3 is 5.97 Å². The molecule has 5 aromatic rings. The van der Waals surface area contributed by atoms with E-state index in [4.69, 9.17) is 23.2 Å². The monoisotopic (exact) mass is 853 g/mol. The van der Waals surface area contributed by atoms with Gasteiger partial charge in [0.25, 0.3) is 30.4 Å². The molecular weight excluding hydrogens is 833 g/mol. The van der Waals surface area contributed by atoms with Crippen molar-refractivity contribution in [3.63, 3.8) is 0 Å². The second-order valence-electron chi connectivity index (χ2n) is 10.6. The third-order valence-corrected chi connectivity index (χ3v) is 9.87. The Morgan fingerprint density at radius 2 is 1.16 bits per heavy atom. The first-order chi connectivity index (χ1) is 25.7. The standard InChI is InChI=1S/C29H21Cl2N9O12S3/c30-19-9-7-16(54(47,48)49)11-21(19)32-28-34-27(31)35-29(36-28)33-22-12-17(55(50,51)52)13-23(24(22)41)38-40-25(14-4-2-1-3-5-14)39-37-20-10-15(53(44,45)46)6-8-18(20)26(42)43/h1-13,25,41H,(H,42,43)(H,44,45,46)(H,47,48,49)(H,50,51,52)(H2,32,33,34,35,36). The van der Waals surface area contributed by atoms with E-state index in [1.165, 1.54) is 12.1 Å². The van der Waals surface area contributed by atoms with Crippen LogP contribution in [-0.2, 0) is 30.4 Å². The molecule has 1 heterocycles. The maximum absolute atomic E-state index is 12.2. The first-order valence-corrected chi connectivity index (χ1v) is 19.6. The highest BCUT2D eigenvalue weighted by Gasteiger charge is 2.21. The second kappa shape index (κ2) is 15.9. The van der Waals surface area contributed by atoms with E-state index < -0.39 is 96.8 Å². The summed E-state index contributed by atoms with van der Waals surface area (Å²) in [6, 6.07) is 14.9. The van der Waals surface area contributed by atoms with E-state index in [1.54, 1.807) is 18.2 Å². The van der Waals surface area contributed by atoms with E-state index in [0.29, 0.717) is 0 Å². The molecule has 0 saturated carbocycles. The summed E-state index contributed by atoms with van der Waals surface area (Å²) in [5.74, 6) is -3.12. The van der Waals surface area contributed by atoms with Gasteiger partial charge in [0.15, 0.2) is 5.75 Å². The Kier molecular flexibility index (Phi) is 11.7. The van der Waals surface area contributed by atoms with Crippen molar-refractivity contribution in [3.8, 4) is 5.75 Å². The Morgan fingerprint density at radius 1 is 0.655 bits per heavy atom. The van der Waals surface area contributed by atoms with Crippen molar-refractivity contribution in [1.82, 2.24) is 15.0 Å². The largest absolute Gasteiger partial charge is 0.504 e. The third kappa shape index (κ3) is 10.3. The maximum atomic E-state index is 12.2. The van der Waals surface area contributed by atoms with Crippen LogP contribution in [0.1, 0.15) is 22.1 Å². The maximum Gasteiger partial charge on any atom is 0.337 e. The molecule has 0 fully saturated rings. The molecule has 21 nitrogen and oxygen atoms in total. The summed E-state index contributed by atoms with van der Waals surface area (Å²) in [6.45, 7) is 0. The average molecular weight is 855 g/mol. The summed E-state index contributed by atoms with van der Waals surface area (Å²) < 4.78 is 99.7. The van der Waals surface area contributed by atoms with Crippen LogP contribution in [-0.4, -0.2) is 70.0 Å². The van der Waals surface area contributed by atoms with Crippen LogP contribution in [0.4, 0.5) is 34.6 Å². The van der Waals surface area contributed by atoms with Gasteiger partial charge in [0.1, 0.15) is 11.4 Å². The Labute approximate surface area is 319 Å². The number of aromatic nitrogens is 3. The van der Waals surface area contributed by atoms with Gasteiger partial charge in [-0.15, -0.1) is 5.11 Å². The Balaban J connectivity index is 1.54. The lowest BCUT2D eigenvalue weighted by Crippen LogP contribution is -2.06. The zero-order valence-electron chi connectivity index (χ0n) is 26.8. The molecule has 55 heavy (non-hydrogen) atoms. The Bertz CT molecular complexity index is 2720. The molecule has 1 aromatic heterocycles. The normalized spacial score (nSPS) is 12.9. The van der Waals surface area contributed by atoms with Crippen LogP contribution in [0.3, 0.4) is 0 Å². The van der Waals surface area contributed by atoms with Crippen molar-refractivity contribution in [1.29, 1.82) is 0 Å². The lowest BCUT2D eigenvalue weighted by molar-refractivity contribution is 0.0697. The number of nitrogens with zero attached hydrogens (tertiary/aromatic N) is 7. The van der Waals surface area contributed by atoms with E-state index in [-0.39, 0.29) is 22.2 Å². The number of anilines is 4. The van der Waals surface area contributed by atoms with E-state index in [1.807, 2.05) is 0 Å². The van der Waals surface area contributed by atoms with Gasteiger partial charge in [-0.3, -0.25) is 13.7 Å². The van der Waals surface area contributed by atoms with Crippen molar-refractivity contribution in [2.75, 3.05) is 10.6 Å². The predicted octanol–water partition coefficient (Wildman–Crippen LogP) is 6.38. The number of phenols is 1. The van der Waals surface area contributed by atoms with Crippen LogP contribution >= 0.6 is 23.2 Å². The van der Waals surface area contributed by atoms with E-state index in [9.17, 15) is 53.9 Å². The number of rotatable bonds is 13. The number of azo groups is 2. The number of hydrogen-bond acceptors (Lipinski definition) is 17. The topological polar surface area (TPSA) is 333 Å². The fourth-order valence-electron chi connectivity index (χ4n) is 4.33. The van der Waals surface area contributed by atoms with Gasteiger partial charge in [0, 0.05) is 5.56 Å². The third-order valence-electron chi connectivity index (χ3n) is 6.84. The minimum Gasteiger partial charge on any atom is -0.504 e. The first kappa shape index (κ1) is 40.5. The van der Waals surface area contributed by atoms with Gasteiger partial charge in [0.05, 0.1) is 36.6 Å². The first-order valence-electron chi connectivity index (χ1n) is 14.5. The molecule has 1 unspecified atom stereocenters. The van der Waals surface area contributed by atoms with E-state index in [0.717, 1.165) is 48.5 Å². The van der Waals surface area contributed by atoms with Gasteiger partial charge in [-0.2, -0.15) is 55.5 Å². The summed E-state index contributed by atoms with van der Waals surface area (Å²) in [6.07, 6.45) is -1.45. The predicted molar refractivity (Wildman–Crippen MR) is 192 cm³/mol. The minimum absolute atomic E-state index is 0.0331.